The zero-order valence-electron chi connectivity index (χ0n) is 23.5. The lowest BCUT2D eigenvalue weighted by atomic mass is 9.88. The lowest BCUT2D eigenvalue weighted by Gasteiger charge is -2.29. The Morgan fingerprint density at radius 2 is 1.68 bits per heavy atom. The number of methoxy groups -OCH3 is 1. The van der Waals surface area contributed by atoms with E-state index in [4.69, 9.17) is 14.5 Å². The van der Waals surface area contributed by atoms with E-state index >= 15 is 0 Å². The van der Waals surface area contributed by atoms with Crippen LogP contribution in [-0.4, -0.2) is 30.6 Å². The minimum atomic E-state index is -0.356. The first-order valence-corrected chi connectivity index (χ1v) is 14.1. The highest BCUT2D eigenvalue weighted by atomic mass is 16.5. The molecule has 0 atom stereocenters. The zero-order valence-corrected chi connectivity index (χ0v) is 23.5. The van der Waals surface area contributed by atoms with Gasteiger partial charge in [-0.15, -0.1) is 0 Å². The SMILES string of the molecule is CCOC(=O)c1ccc2c(N(Cc3ccc(-c4ccc(OC)c(C)c4)cc3)C(=O)C3CCCCC3)nccc2c1. The molecule has 0 unspecified atom stereocenters. The number of rotatable bonds is 8. The average molecular weight is 537 g/mol. The second-order valence-electron chi connectivity index (χ2n) is 10.4. The fourth-order valence-electron chi connectivity index (χ4n) is 5.59. The number of aromatic nitrogens is 1. The number of pyridine rings is 1. The number of aryl methyl sites for hydroxylation is 1. The molecule has 0 saturated heterocycles. The third kappa shape index (κ3) is 5.86. The summed E-state index contributed by atoms with van der Waals surface area (Å²) < 4.78 is 10.6. The van der Waals surface area contributed by atoms with Crippen molar-refractivity contribution in [1.29, 1.82) is 0 Å². The van der Waals surface area contributed by atoms with Crippen LogP contribution in [0.3, 0.4) is 0 Å². The van der Waals surface area contributed by atoms with Crippen molar-refractivity contribution in [2.75, 3.05) is 18.6 Å². The number of nitrogens with zero attached hydrogens (tertiary/aromatic N) is 2. The number of carbonyl (C=O) groups excluding carboxylic acids is 2. The van der Waals surface area contributed by atoms with E-state index in [1.165, 1.54) is 6.42 Å². The molecule has 1 saturated carbocycles. The normalized spacial score (nSPS) is 13.7. The van der Waals surface area contributed by atoms with Gasteiger partial charge in [0.05, 0.1) is 25.8 Å². The molecule has 1 heterocycles. The van der Waals surface area contributed by atoms with Crippen molar-refractivity contribution in [1.82, 2.24) is 4.98 Å². The third-order valence-electron chi connectivity index (χ3n) is 7.75. The molecule has 0 radical (unpaired) electrons. The molecule has 0 aliphatic heterocycles. The fourth-order valence-corrected chi connectivity index (χ4v) is 5.59. The summed E-state index contributed by atoms with van der Waals surface area (Å²) in [5.74, 6) is 1.24. The smallest absolute Gasteiger partial charge is 0.338 e. The van der Waals surface area contributed by atoms with E-state index in [0.29, 0.717) is 24.5 Å². The Balaban J connectivity index is 1.48. The van der Waals surface area contributed by atoms with Crippen molar-refractivity contribution in [3.63, 3.8) is 0 Å². The molecule has 0 N–H and O–H groups in total. The first-order chi connectivity index (χ1) is 19.5. The monoisotopic (exact) mass is 536 g/mol. The molecule has 1 amide bonds. The predicted molar refractivity (Wildman–Crippen MR) is 159 cm³/mol. The summed E-state index contributed by atoms with van der Waals surface area (Å²) in [4.78, 5) is 32.9. The van der Waals surface area contributed by atoms with Crippen LogP contribution in [0.1, 0.15) is 60.5 Å². The second-order valence-corrected chi connectivity index (χ2v) is 10.4. The lowest BCUT2D eigenvalue weighted by Crippen LogP contribution is -2.37. The number of hydrogen-bond donors (Lipinski definition) is 0. The Kier molecular flexibility index (Phi) is 8.44. The molecule has 4 aromatic rings. The van der Waals surface area contributed by atoms with E-state index in [0.717, 1.165) is 64.5 Å². The number of hydrogen-bond acceptors (Lipinski definition) is 5. The van der Waals surface area contributed by atoms with Gasteiger partial charge in [0.2, 0.25) is 5.91 Å². The van der Waals surface area contributed by atoms with Gasteiger partial charge in [-0.1, -0.05) is 49.6 Å². The van der Waals surface area contributed by atoms with Gasteiger partial charge < -0.3 is 9.47 Å². The van der Waals surface area contributed by atoms with Crippen molar-refractivity contribution in [2.45, 2.75) is 52.5 Å². The van der Waals surface area contributed by atoms with Gasteiger partial charge >= 0.3 is 5.97 Å². The maximum atomic E-state index is 14.0. The Morgan fingerprint density at radius 3 is 2.38 bits per heavy atom. The van der Waals surface area contributed by atoms with Crippen LogP contribution in [0, 0.1) is 12.8 Å². The van der Waals surface area contributed by atoms with Crippen molar-refractivity contribution in [2.24, 2.45) is 5.92 Å². The maximum absolute atomic E-state index is 14.0. The van der Waals surface area contributed by atoms with Gasteiger partial charge in [-0.3, -0.25) is 9.69 Å². The molecular weight excluding hydrogens is 500 g/mol. The molecule has 5 rings (SSSR count). The highest BCUT2D eigenvalue weighted by Crippen LogP contribution is 2.33. The molecule has 6 nitrogen and oxygen atoms in total. The molecular formula is C34H36N2O4. The van der Waals surface area contributed by atoms with Gasteiger partial charge in [-0.05, 0) is 90.7 Å². The standard InChI is InChI=1S/C34H36N2O4/c1-4-40-34(38)29-14-16-30-28(21-29)18-19-35-32(30)36(33(37)26-8-6-5-7-9-26)22-24-10-12-25(13-11-24)27-15-17-31(39-3)23(2)20-27/h10-21,26H,4-9,22H2,1-3H3. The third-order valence-corrected chi connectivity index (χ3v) is 7.75. The van der Waals surface area contributed by atoms with Crippen molar-refractivity contribution >= 4 is 28.5 Å². The van der Waals surface area contributed by atoms with Gasteiger partial charge in [0.15, 0.2) is 0 Å². The largest absolute Gasteiger partial charge is 0.496 e. The van der Waals surface area contributed by atoms with Crippen LogP contribution in [0.4, 0.5) is 5.82 Å². The molecule has 0 spiro atoms. The van der Waals surface area contributed by atoms with Gasteiger partial charge in [-0.25, -0.2) is 9.78 Å². The summed E-state index contributed by atoms with van der Waals surface area (Å²) in [7, 11) is 1.68. The van der Waals surface area contributed by atoms with Crippen molar-refractivity contribution < 1.29 is 19.1 Å². The number of fused-ring (bicyclic) bond motifs is 1. The molecule has 1 aromatic heterocycles. The number of carbonyl (C=O) groups is 2. The summed E-state index contributed by atoms with van der Waals surface area (Å²) in [6.45, 7) is 4.57. The van der Waals surface area contributed by atoms with E-state index in [9.17, 15) is 9.59 Å². The first-order valence-electron chi connectivity index (χ1n) is 14.1. The van der Waals surface area contributed by atoms with E-state index < -0.39 is 0 Å². The minimum absolute atomic E-state index is 0.00819. The number of esters is 1. The molecule has 6 heteroatoms. The van der Waals surface area contributed by atoms with Crippen LogP contribution in [-0.2, 0) is 16.1 Å². The van der Waals surface area contributed by atoms with E-state index in [1.54, 1.807) is 26.3 Å². The summed E-state index contributed by atoms with van der Waals surface area (Å²) in [5, 5.41) is 1.69. The van der Waals surface area contributed by atoms with Crippen LogP contribution >= 0.6 is 0 Å². The van der Waals surface area contributed by atoms with E-state index in [1.807, 2.05) is 36.1 Å². The summed E-state index contributed by atoms with van der Waals surface area (Å²) in [6, 6.07) is 21.8. The summed E-state index contributed by atoms with van der Waals surface area (Å²) in [5.41, 5.74) is 4.82. The predicted octanol–water partition coefficient (Wildman–Crippen LogP) is 7.51. The topological polar surface area (TPSA) is 68.7 Å². The van der Waals surface area contributed by atoms with Gasteiger partial charge in [0.1, 0.15) is 11.6 Å². The molecule has 40 heavy (non-hydrogen) atoms. The Morgan fingerprint density at radius 1 is 0.925 bits per heavy atom. The Labute approximate surface area is 235 Å². The summed E-state index contributed by atoms with van der Waals surface area (Å²) in [6.07, 6.45) is 6.85. The maximum Gasteiger partial charge on any atom is 0.338 e. The Bertz CT molecular complexity index is 1510. The van der Waals surface area contributed by atoms with Gasteiger partial charge in [0.25, 0.3) is 0 Å². The molecule has 3 aromatic carbocycles. The van der Waals surface area contributed by atoms with Crippen LogP contribution in [0.2, 0.25) is 0 Å². The summed E-state index contributed by atoms with van der Waals surface area (Å²) >= 11 is 0. The zero-order chi connectivity index (χ0) is 28.1. The number of anilines is 1. The van der Waals surface area contributed by atoms with Crippen molar-refractivity contribution in [3.05, 3.63) is 89.6 Å². The number of benzene rings is 3. The first kappa shape index (κ1) is 27.4. The molecule has 1 aliphatic rings. The fraction of sp³-hybridized carbons (Fsp3) is 0.324. The Hall–Kier alpha value is -4.19. The number of ether oxygens (including phenoxy) is 2. The molecule has 0 bridgehead atoms. The van der Waals surface area contributed by atoms with Crippen LogP contribution < -0.4 is 9.64 Å². The van der Waals surface area contributed by atoms with Gasteiger partial charge in [-0.2, -0.15) is 0 Å². The van der Waals surface area contributed by atoms with Crippen LogP contribution in [0.25, 0.3) is 21.9 Å². The highest BCUT2D eigenvalue weighted by molar-refractivity contribution is 6.04. The van der Waals surface area contributed by atoms with Gasteiger partial charge in [0, 0.05) is 17.5 Å². The van der Waals surface area contributed by atoms with Crippen LogP contribution in [0.5, 0.6) is 5.75 Å². The quantitative estimate of drug-likeness (QED) is 0.218. The molecule has 1 fully saturated rings. The number of amides is 1. The van der Waals surface area contributed by atoms with Crippen molar-refractivity contribution in [3.8, 4) is 16.9 Å². The lowest BCUT2D eigenvalue weighted by molar-refractivity contribution is -0.123. The van der Waals surface area contributed by atoms with Crippen LogP contribution in [0.15, 0.2) is 72.9 Å². The molecule has 206 valence electrons. The highest BCUT2D eigenvalue weighted by Gasteiger charge is 2.29. The van der Waals surface area contributed by atoms with E-state index in [-0.39, 0.29) is 17.8 Å². The molecule has 1 aliphatic carbocycles. The van der Waals surface area contributed by atoms with E-state index in [2.05, 4.69) is 36.4 Å². The second kappa shape index (κ2) is 12.3. The minimum Gasteiger partial charge on any atom is -0.496 e. The average Bonchev–Trinajstić information content (AvgIpc) is 3.00.